The molecule has 1 aromatic rings. The molecule has 0 bridgehead atoms. The monoisotopic (exact) mass is 278 g/mol. The van der Waals surface area contributed by atoms with E-state index < -0.39 is 0 Å². The van der Waals surface area contributed by atoms with Crippen LogP contribution < -0.4 is 0 Å². The summed E-state index contributed by atoms with van der Waals surface area (Å²) in [6.07, 6.45) is 1.18. The van der Waals surface area contributed by atoms with Gasteiger partial charge in [-0.15, -0.1) is 0 Å². The predicted octanol–water partition coefficient (Wildman–Crippen LogP) is 2.94. The maximum atomic E-state index is 12.4. The van der Waals surface area contributed by atoms with Crippen molar-refractivity contribution < 1.29 is 14.3 Å². The number of ether oxygens (including phenoxy) is 1. The quantitative estimate of drug-likeness (QED) is 0.613. The van der Waals surface area contributed by atoms with Crippen molar-refractivity contribution in [2.24, 2.45) is 5.92 Å². The average Bonchev–Trinajstić information content (AvgIpc) is 2.87. The van der Waals surface area contributed by atoms with Crippen LogP contribution in [0.2, 0.25) is 0 Å². The fourth-order valence-corrected chi connectivity index (χ4v) is 3.79. The molecule has 1 fully saturated rings. The second kappa shape index (κ2) is 6.75. The van der Waals surface area contributed by atoms with Crippen molar-refractivity contribution in [2.45, 2.75) is 25.0 Å². The standard InChI is InChI=1S/C15H18O3S/c1-2-18-14(16)10-13-12(8-9-19-13)15(17)11-6-4-3-5-7-11/h3-7,12-13H,2,8-10H2,1H3/t12-,13+/m1/s1. The first-order valence-corrected chi connectivity index (χ1v) is 7.63. The SMILES string of the molecule is CCOC(=O)C[C@@H]1SCC[C@H]1C(=O)c1ccccc1. The molecular weight excluding hydrogens is 260 g/mol. The Morgan fingerprint density at radius 2 is 2.05 bits per heavy atom. The van der Waals surface area contributed by atoms with Crippen LogP contribution in [0.4, 0.5) is 0 Å². The third-order valence-electron chi connectivity index (χ3n) is 3.28. The second-order valence-corrected chi connectivity index (χ2v) is 5.89. The molecule has 2 rings (SSSR count). The molecule has 0 spiro atoms. The van der Waals surface area contributed by atoms with E-state index in [9.17, 15) is 9.59 Å². The number of thioether (sulfide) groups is 1. The van der Waals surface area contributed by atoms with Crippen LogP contribution in [0, 0.1) is 5.92 Å². The number of hydrogen-bond donors (Lipinski definition) is 0. The van der Waals surface area contributed by atoms with Crippen molar-refractivity contribution in [1.82, 2.24) is 0 Å². The zero-order valence-electron chi connectivity index (χ0n) is 11.0. The highest BCUT2D eigenvalue weighted by Crippen LogP contribution is 2.36. The number of rotatable bonds is 5. The summed E-state index contributed by atoms with van der Waals surface area (Å²) in [6.45, 7) is 2.19. The Balaban J connectivity index is 2.02. The Bertz CT molecular complexity index is 444. The molecule has 0 radical (unpaired) electrons. The highest BCUT2D eigenvalue weighted by atomic mass is 32.2. The normalized spacial score (nSPS) is 22.2. The largest absolute Gasteiger partial charge is 0.466 e. The van der Waals surface area contributed by atoms with E-state index in [2.05, 4.69) is 0 Å². The molecule has 4 heteroatoms. The lowest BCUT2D eigenvalue weighted by molar-refractivity contribution is -0.143. The van der Waals surface area contributed by atoms with Gasteiger partial charge >= 0.3 is 5.97 Å². The minimum Gasteiger partial charge on any atom is -0.466 e. The first kappa shape index (κ1) is 14.1. The van der Waals surface area contributed by atoms with E-state index in [1.165, 1.54) is 0 Å². The number of benzene rings is 1. The van der Waals surface area contributed by atoms with Gasteiger partial charge in [-0.3, -0.25) is 9.59 Å². The van der Waals surface area contributed by atoms with Crippen molar-refractivity contribution in [2.75, 3.05) is 12.4 Å². The van der Waals surface area contributed by atoms with Crippen LogP contribution in [0.15, 0.2) is 30.3 Å². The maximum absolute atomic E-state index is 12.4. The zero-order chi connectivity index (χ0) is 13.7. The topological polar surface area (TPSA) is 43.4 Å². The predicted molar refractivity (Wildman–Crippen MR) is 76.4 cm³/mol. The van der Waals surface area contributed by atoms with Crippen LogP contribution in [0.5, 0.6) is 0 Å². The van der Waals surface area contributed by atoms with Gasteiger partial charge in [0.1, 0.15) is 0 Å². The summed E-state index contributed by atoms with van der Waals surface area (Å²) in [6, 6.07) is 9.32. The number of carbonyl (C=O) groups excluding carboxylic acids is 2. The summed E-state index contributed by atoms with van der Waals surface area (Å²) in [5.74, 6) is 0.831. The van der Waals surface area contributed by atoms with Gasteiger partial charge < -0.3 is 4.74 Å². The van der Waals surface area contributed by atoms with Gasteiger partial charge in [0.15, 0.2) is 5.78 Å². The van der Waals surface area contributed by atoms with E-state index in [-0.39, 0.29) is 22.9 Å². The van der Waals surface area contributed by atoms with Crippen molar-refractivity contribution in [3.63, 3.8) is 0 Å². The third-order valence-corrected chi connectivity index (χ3v) is 4.67. The fourth-order valence-electron chi connectivity index (χ4n) is 2.35. The summed E-state index contributed by atoms with van der Waals surface area (Å²) in [5, 5.41) is 0.0618. The van der Waals surface area contributed by atoms with Crippen LogP contribution in [0.25, 0.3) is 0 Å². The molecule has 1 aliphatic rings. The molecular formula is C15H18O3S. The Labute approximate surface area is 117 Å². The van der Waals surface area contributed by atoms with Gasteiger partial charge in [0.2, 0.25) is 0 Å². The summed E-state index contributed by atoms with van der Waals surface area (Å²) in [4.78, 5) is 24.0. The number of carbonyl (C=O) groups is 2. The lowest BCUT2D eigenvalue weighted by Gasteiger charge is -2.16. The molecule has 1 saturated heterocycles. The number of ketones is 1. The maximum Gasteiger partial charge on any atom is 0.306 e. The van der Waals surface area contributed by atoms with E-state index in [4.69, 9.17) is 4.74 Å². The second-order valence-electron chi connectivity index (χ2n) is 4.54. The first-order chi connectivity index (χ1) is 9.22. The van der Waals surface area contributed by atoms with Gasteiger partial charge in [-0.25, -0.2) is 0 Å². The van der Waals surface area contributed by atoms with Gasteiger partial charge in [-0.2, -0.15) is 11.8 Å². The number of Topliss-reactive ketones (excluding diaryl/α,β-unsaturated/α-hetero) is 1. The van der Waals surface area contributed by atoms with E-state index >= 15 is 0 Å². The highest BCUT2D eigenvalue weighted by molar-refractivity contribution is 8.00. The molecule has 0 unspecified atom stereocenters. The molecule has 3 nitrogen and oxygen atoms in total. The summed E-state index contributed by atoms with van der Waals surface area (Å²) in [5.41, 5.74) is 0.740. The van der Waals surface area contributed by atoms with Gasteiger partial charge in [0.05, 0.1) is 13.0 Å². The van der Waals surface area contributed by atoms with Gasteiger partial charge in [0.25, 0.3) is 0 Å². The molecule has 1 aliphatic heterocycles. The molecule has 0 aliphatic carbocycles. The van der Waals surface area contributed by atoms with E-state index in [0.717, 1.165) is 17.7 Å². The smallest absolute Gasteiger partial charge is 0.306 e. The molecule has 1 heterocycles. The Morgan fingerprint density at radius 1 is 1.32 bits per heavy atom. The molecule has 2 atom stereocenters. The summed E-state index contributed by atoms with van der Waals surface area (Å²) >= 11 is 1.71. The van der Waals surface area contributed by atoms with E-state index in [1.54, 1.807) is 18.7 Å². The fraction of sp³-hybridized carbons (Fsp3) is 0.467. The molecule has 0 saturated carbocycles. The lowest BCUT2D eigenvalue weighted by atomic mass is 9.91. The molecule has 102 valence electrons. The van der Waals surface area contributed by atoms with Crippen LogP contribution in [-0.2, 0) is 9.53 Å². The number of hydrogen-bond acceptors (Lipinski definition) is 4. The van der Waals surface area contributed by atoms with E-state index in [0.29, 0.717) is 13.0 Å². The highest BCUT2D eigenvalue weighted by Gasteiger charge is 2.35. The molecule has 0 N–H and O–H groups in total. The molecule has 1 aromatic carbocycles. The summed E-state index contributed by atoms with van der Waals surface area (Å²) in [7, 11) is 0. The number of esters is 1. The Morgan fingerprint density at radius 3 is 2.74 bits per heavy atom. The zero-order valence-corrected chi connectivity index (χ0v) is 11.8. The van der Waals surface area contributed by atoms with Crippen LogP contribution in [0.3, 0.4) is 0 Å². The Kier molecular flexibility index (Phi) is 5.02. The van der Waals surface area contributed by atoms with Crippen molar-refractivity contribution >= 4 is 23.5 Å². The average molecular weight is 278 g/mol. The van der Waals surface area contributed by atoms with Gasteiger partial charge in [-0.05, 0) is 19.1 Å². The van der Waals surface area contributed by atoms with Crippen LogP contribution in [-0.4, -0.2) is 29.4 Å². The molecule has 0 amide bonds. The van der Waals surface area contributed by atoms with Crippen molar-refractivity contribution in [3.05, 3.63) is 35.9 Å². The molecule has 0 aromatic heterocycles. The Hall–Kier alpha value is -1.29. The minimum absolute atomic E-state index is 0.0585. The van der Waals surface area contributed by atoms with Crippen LogP contribution in [0.1, 0.15) is 30.1 Å². The molecule has 19 heavy (non-hydrogen) atoms. The van der Waals surface area contributed by atoms with Crippen molar-refractivity contribution in [1.29, 1.82) is 0 Å². The van der Waals surface area contributed by atoms with Gasteiger partial charge in [-0.1, -0.05) is 30.3 Å². The van der Waals surface area contributed by atoms with Crippen LogP contribution >= 0.6 is 11.8 Å². The first-order valence-electron chi connectivity index (χ1n) is 6.59. The van der Waals surface area contributed by atoms with E-state index in [1.807, 2.05) is 30.3 Å². The van der Waals surface area contributed by atoms with Crippen molar-refractivity contribution in [3.8, 4) is 0 Å². The lowest BCUT2D eigenvalue weighted by Crippen LogP contribution is -2.25. The minimum atomic E-state index is -0.201. The summed E-state index contributed by atoms with van der Waals surface area (Å²) < 4.78 is 4.97. The van der Waals surface area contributed by atoms with Gasteiger partial charge in [0, 0.05) is 16.7 Å². The third kappa shape index (κ3) is 3.60.